The zero-order chi connectivity index (χ0) is 11.0. The summed E-state index contributed by atoms with van der Waals surface area (Å²) in [5, 5.41) is 19.0. The summed E-state index contributed by atoms with van der Waals surface area (Å²) in [4.78, 5) is 3.70. The number of fused-ring (bicyclic) bond motifs is 1. The van der Waals surface area contributed by atoms with Gasteiger partial charge in [0.05, 0.1) is 5.56 Å². The largest absolute Gasteiger partial charge is 0.493 e. The first-order valence-corrected chi connectivity index (χ1v) is 5.08. The van der Waals surface area contributed by atoms with E-state index in [1.807, 2.05) is 22.6 Å². The van der Waals surface area contributed by atoms with Gasteiger partial charge in [0.15, 0.2) is 0 Å². The fourth-order valence-corrected chi connectivity index (χ4v) is 1.88. The van der Waals surface area contributed by atoms with Gasteiger partial charge in [0.2, 0.25) is 5.88 Å². The highest BCUT2D eigenvalue weighted by Crippen LogP contribution is 2.28. The second kappa shape index (κ2) is 3.62. The lowest BCUT2D eigenvalue weighted by Gasteiger charge is -2.03. The van der Waals surface area contributed by atoms with Gasteiger partial charge in [-0.2, -0.15) is 5.26 Å². The van der Waals surface area contributed by atoms with Crippen LogP contribution < -0.4 is 0 Å². The molecule has 1 aromatic heterocycles. The van der Waals surface area contributed by atoms with Crippen LogP contribution in [0, 0.1) is 20.7 Å². The second-order valence-corrected chi connectivity index (χ2v) is 4.08. The first-order valence-electron chi connectivity index (χ1n) is 4.00. The average Bonchev–Trinajstić information content (AvgIpc) is 2.23. The average molecular weight is 314 g/mol. The maximum atomic E-state index is 13.3. The molecular weight excluding hydrogens is 310 g/mol. The normalized spacial score (nSPS) is 10.2. The highest BCUT2D eigenvalue weighted by atomic mass is 127. The molecule has 2 rings (SSSR count). The minimum absolute atomic E-state index is 0.0361. The Morgan fingerprint density at radius 3 is 2.80 bits per heavy atom. The molecule has 1 aromatic carbocycles. The molecular formula is C10H4FIN2O. The van der Waals surface area contributed by atoms with Crippen LogP contribution >= 0.6 is 22.6 Å². The van der Waals surface area contributed by atoms with E-state index in [9.17, 15) is 9.50 Å². The third-order valence-electron chi connectivity index (χ3n) is 2.03. The Balaban J connectivity index is 2.94. The predicted molar refractivity (Wildman–Crippen MR) is 60.8 cm³/mol. The van der Waals surface area contributed by atoms with E-state index in [4.69, 9.17) is 5.26 Å². The van der Waals surface area contributed by atoms with Crippen LogP contribution in [-0.2, 0) is 0 Å². The van der Waals surface area contributed by atoms with Gasteiger partial charge in [0.1, 0.15) is 11.9 Å². The lowest BCUT2D eigenvalue weighted by atomic mass is 10.1. The molecule has 0 saturated heterocycles. The van der Waals surface area contributed by atoms with Crippen molar-refractivity contribution in [3.8, 4) is 11.9 Å². The van der Waals surface area contributed by atoms with Crippen LogP contribution in [-0.4, -0.2) is 10.1 Å². The number of hydrogen-bond acceptors (Lipinski definition) is 3. The molecule has 1 N–H and O–H groups in total. The maximum absolute atomic E-state index is 13.3. The molecule has 0 atom stereocenters. The van der Waals surface area contributed by atoms with E-state index in [1.54, 1.807) is 6.07 Å². The number of hydrogen-bond donors (Lipinski definition) is 1. The summed E-state index contributed by atoms with van der Waals surface area (Å²) in [5.41, 5.74) is -0.0361. The molecule has 0 aliphatic rings. The van der Waals surface area contributed by atoms with E-state index in [0.717, 1.165) is 9.64 Å². The van der Waals surface area contributed by atoms with Gasteiger partial charge < -0.3 is 5.11 Å². The van der Waals surface area contributed by atoms with Crippen LogP contribution in [0.15, 0.2) is 18.3 Å². The third kappa shape index (κ3) is 1.61. The first kappa shape index (κ1) is 10.1. The highest BCUT2D eigenvalue weighted by molar-refractivity contribution is 14.1. The van der Waals surface area contributed by atoms with Crippen LogP contribution in [0.5, 0.6) is 5.88 Å². The van der Waals surface area contributed by atoms with Gasteiger partial charge in [0.25, 0.3) is 0 Å². The SMILES string of the molecule is N#Cc1cc2c(I)cnc(O)c2cc1F. The monoisotopic (exact) mass is 314 g/mol. The third-order valence-corrected chi connectivity index (χ3v) is 2.89. The number of nitrogens with zero attached hydrogens (tertiary/aromatic N) is 2. The van der Waals surface area contributed by atoms with E-state index >= 15 is 0 Å². The minimum Gasteiger partial charge on any atom is -0.493 e. The van der Waals surface area contributed by atoms with E-state index in [1.165, 1.54) is 12.3 Å². The Kier molecular flexibility index (Phi) is 2.44. The number of halogens is 2. The minimum atomic E-state index is -0.649. The Morgan fingerprint density at radius 2 is 2.13 bits per heavy atom. The van der Waals surface area contributed by atoms with Crippen molar-refractivity contribution in [2.75, 3.05) is 0 Å². The number of nitriles is 1. The van der Waals surface area contributed by atoms with Crippen molar-refractivity contribution in [1.82, 2.24) is 4.98 Å². The predicted octanol–water partition coefficient (Wildman–Crippen LogP) is 2.56. The Morgan fingerprint density at radius 1 is 1.40 bits per heavy atom. The van der Waals surface area contributed by atoms with Crippen molar-refractivity contribution in [2.45, 2.75) is 0 Å². The Bertz CT molecular complexity index is 592. The smallest absolute Gasteiger partial charge is 0.218 e. The van der Waals surface area contributed by atoms with Gasteiger partial charge in [-0.05, 0) is 34.7 Å². The van der Waals surface area contributed by atoms with Gasteiger partial charge >= 0.3 is 0 Å². The maximum Gasteiger partial charge on any atom is 0.218 e. The van der Waals surface area contributed by atoms with Crippen LogP contribution in [0.3, 0.4) is 0 Å². The summed E-state index contributed by atoms with van der Waals surface area (Å²) in [5.74, 6) is -0.877. The van der Waals surface area contributed by atoms with Crippen LogP contribution in [0.25, 0.3) is 10.8 Å². The summed E-state index contributed by atoms with van der Waals surface area (Å²) in [6.45, 7) is 0. The van der Waals surface area contributed by atoms with E-state index in [2.05, 4.69) is 4.98 Å². The topological polar surface area (TPSA) is 56.9 Å². The van der Waals surface area contributed by atoms with Gasteiger partial charge in [-0.25, -0.2) is 9.37 Å². The first-order chi connectivity index (χ1) is 7.13. The van der Waals surface area contributed by atoms with Gasteiger partial charge in [-0.1, -0.05) is 0 Å². The molecule has 1 heterocycles. The fraction of sp³-hybridized carbons (Fsp3) is 0. The summed E-state index contributed by atoms with van der Waals surface area (Å²) in [6.07, 6.45) is 1.47. The van der Waals surface area contributed by atoms with Crippen molar-refractivity contribution in [2.24, 2.45) is 0 Å². The quantitative estimate of drug-likeness (QED) is 0.760. The molecule has 15 heavy (non-hydrogen) atoms. The van der Waals surface area contributed by atoms with E-state index < -0.39 is 5.82 Å². The summed E-state index contributed by atoms with van der Waals surface area (Å²) in [6, 6.07) is 4.29. The second-order valence-electron chi connectivity index (χ2n) is 2.92. The zero-order valence-electron chi connectivity index (χ0n) is 7.33. The number of aromatic nitrogens is 1. The standard InChI is InChI=1S/C10H4FIN2O/c11-8-2-7-6(1-5(8)3-13)9(12)4-14-10(7)15/h1-2,4H,(H,14,15). The molecule has 0 unspecified atom stereocenters. The lowest BCUT2D eigenvalue weighted by molar-refractivity contribution is 0.460. The molecule has 0 bridgehead atoms. The zero-order valence-corrected chi connectivity index (χ0v) is 9.49. The van der Waals surface area contributed by atoms with Crippen molar-refractivity contribution in [1.29, 1.82) is 5.26 Å². The number of benzene rings is 1. The molecule has 0 fully saturated rings. The van der Waals surface area contributed by atoms with E-state index in [0.29, 0.717) is 10.8 Å². The molecule has 74 valence electrons. The molecule has 0 spiro atoms. The number of aromatic hydroxyl groups is 1. The van der Waals surface area contributed by atoms with Crippen molar-refractivity contribution in [3.05, 3.63) is 33.3 Å². The molecule has 0 saturated carbocycles. The summed E-state index contributed by atoms with van der Waals surface area (Å²) < 4.78 is 14.0. The van der Waals surface area contributed by atoms with Gasteiger partial charge in [-0.3, -0.25) is 0 Å². The summed E-state index contributed by atoms with van der Waals surface area (Å²) in [7, 11) is 0. The highest BCUT2D eigenvalue weighted by Gasteiger charge is 2.10. The van der Waals surface area contributed by atoms with Crippen LogP contribution in [0.2, 0.25) is 0 Å². The van der Waals surface area contributed by atoms with E-state index in [-0.39, 0.29) is 11.4 Å². The molecule has 0 amide bonds. The lowest BCUT2D eigenvalue weighted by Crippen LogP contribution is -1.88. The molecule has 5 heteroatoms. The fourth-order valence-electron chi connectivity index (χ4n) is 1.30. The van der Waals surface area contributed by atoms with Gasteiger partial charge in [0, 0.05) is 20.5 Å². The van der Waals surface area contributed by atoms with Crippen molar-refractivity contribution >= 4 is 33.4 Å². The van der Waals surface area contributed by atoms with Crippen molar-refractivity contribution < 1.29 is 9.50 Å². The van der Waals surface area contributed by atoms with Crippen LogP contribution in [0.4, 0.5) is 4.39 Å². The van der Waals surface area contributed by atoms with Gasteiger partial charge in [-0.15, -0.1) is 0 Å². The molecule has 0 radical (unpaired) electrons. The molecule has 2 aromatic rings. The molecule has 0 aliphatic carbocycles. The number of rotatable bonds is 0. The van der Waals surface area contributed by atoms with Crippen LogP contribution in [0.1, 0.15) is 5.56 Å². The molecule has 0 aliphatic heterocycles. The van der Waals surface area contributed by atoms with Crippen molar-refractivity contribution in [3.63, 3.8) is 0 Å². The Hall–Kier alpha value is -1.42. The Labute approximate surface area is 98.3 Å². The molecule has 3 nitrogen and oxygen atoms in total. The number of pyridine rings is 1. The summed E-state index contributed by atoms with van der Waals surface area (Å²) >= 11 is 2.01.